The molecule has 1 aromatic carbocycles. The summed E-state index contributed by atoms with van der Waals surface area (Å²) in [4.78, 5) is 46.7. The monoisotopic (exact) mass is 432 g/mol. The average molecular weight is 432 g/mol. The van der Waals surface area contributed by atoms with E-state index in [2.05, 4.69) is 0 Å². The van der Waals surface area contributed by atoms with Crippen molar-refractivity contribution in [3.05, 3.63) is 24.3 Å². The Balaban J connectivity index is 1.44. The molecule has 8 nitrogen and oxygen atoms in total. The molecule has 0 aromatic heterocycles. The molecule has 0 atom stereocenters. The van der Waals surface area contributed by atoms with Crippen LogP contribution in [0.2, 0.25) is 0 Å². The van der Waals surface area contributed by atoms with E-state index in [1.54, 1.807) is 24.3 Å². The van der Waals surface area contributed by atoms with Crippen molar-refractivity contribution in [2.45, 2.75) is 64.4 Å². The lowest BCUT2D eigenvalue weighted by Crippen LogP contribution is -2.29. The minimum absolute atomic E-state index is 0.130. The number of benzene rings is 1. The van der Waals surface area contributed by atoms with Crippen molar-refractivity contribution in [3.8, 4) is 11.5 Å². The van der Waals surface area contributed by atoms with Gasteiger partial charge in [-0.1, -0.05) is 0 Å². The summed E-state index contributed by atoms with van der Waals surface area (Å²) in [5.74, 6) is -1.98. The highest BCUT2D eigenvalue weighted by Crippen LogP contribution is 2.31. The highest BCUT2D eigenvalue weighted by molar-refractivity contribution is 5.77. The lowest BCUT2D eigenvalue weighted by atomic mass is 9.82. The number of carbonyl (C=O) groups excluding carboxylic acids is 3. The van der Waals surface area contributed by atoms with Gasteiger partial charge in [0.15, 0.2) is 0 Å². The van der Waals surface area contributed by atoms with Crippen LogP contribution in [0.25, 0.3) is 0 Å². The fraction of sp³-hybridized carbons (Fsp3) is 0.565. The first-order chi connectivity index (χ1) is 14.8. The molecule has 0 spiro atoms. The molecule has 0 bridgehead atoms. The minimum Gasteiger partial charge on any atom is -0.481 e. The molecule has 2 fully saturated rings. The molecule has 1 aromatic rings. The Morgan fingerprint density at radius 3 is 1.48 bits per heavy atom. The van der Waals surface area contributed by atoms with Gasteiger partial charge in [-0.2, -0.15) is 0 Å². The van der Waals surface area contributed by atoms with E-state index < -0.39 is 5.97 Å². The second kappa shape index (κ2) is 10.4. The molecule has 168 valence electrons. The highest BCUT2D eigenvalue weighted by Gasteiger charge is 2.31. The molecular weight excluding hydrogens is 404 g/mol. The summed E-state index contributed by atoms with van der Waals surface area (Å²) in [5, 5.41) is 9.04. The minimum atomic E-state index is -0.811. The average Bonchev–Trinajstić information content (AvgIpc) is 2.75. The number of carboxylic acid groups (broad SMARTS) is 1. The van der Waals surface area contributed by atoms with Gasteiger partial charge in [-0.05, 0) is 75.6 Å². The highest BCUT2D eigenvalue weighted by atomic mass is 16.5. The van der Waals surface area contributed by atoms with Gasteiger partial charge in [0, 0.05) is 6.92 Å². The number of ether oxygens (including phenoxy) is 3. The Bertz CT molecular complexity index is 799. The van der Waals surface area contributed by atoms with E-state index in [1.807, 2.05) is 0 Å². The van der Waals surface area contributed by atoms with Gasteiger partial charge in [-0.3, -0.25) is 19.2 Å². The number of carboxylic acids is 1. The van der Waals surface area contributed by atoms with E-state index >= 15 is 0 Å². The largest absolute Gasteiger partial charge is 0.481 e. The van der Waals surface area contributed by atoms with Crippen LogP contribution in [0.5, 0.6) is 11.5 Å². The van der Waals surface area contributed by atoms with Crippen LogP contribution in [0.1, 0.15) is 58.3 Å². The lowest BCUT2D eigenvalue weighted by Gasteiger charge is -2.26. The fourth-order valence-electron chi connectivity index (χ4n) is 4.20. The lowest BCUT2D eigenvalue weighted by molar-refractivity contribution is -0.149. The molecule has 0 radical (unpaired) electrons. The van der Waals surface area contributed by atoms with Crippen LogP contribution in [0, 0.1) is 17.8 Å². The van der Waals surface area contributed by atoms with E-state index in [4.69, 9.17) is 19.3 Å². The van der Waals surface area contributed by atoms with E-state index in [-0.39, 0.29) is 41.8 Å². The second-order valence-corrected chi connectivity index (χ2v) is 8.28. The predicted octanol–water partition coefficient (Wildman–Crippen LogP) is 3.51. The number of carbonyl (C=O) groups is 4. The summed E-state index contributed by atoms with van der Waals surface area (Å²) in [5.41, 5.74) is 0. The molecule has 0 unspecified atom stereocenters. The number of aliphatic carboxylic acids is 1. The van der Waals surface area contributed by atoms with Gasteiger partial charge in [-0.15, -0.1) is 0 Å². The molecular formula is C23H28O8. The first kappa shape index (κ1) is 22.8. The van der Waals surface area contributed by atoms with Crippen LogP contribution in [0.4, 0.5) is 0 Å². The summed E-state index contributed by atoms with van der Waals surface area (Å²) in [6.07, 6.45) is 4.34. The molecule has 0 amide bonds. The van der Waals surface area contributed by atoms with Crippen molar-refractivity contribution < 1.29 is 38.5 Å². The van der Waals surface area contributed by atoms with Crippen molar-refractivity contribution in [3.63, 3.8) is 0 Å². The molecule has 8 heteroatoms. The topological polar surface area (TPSA) is 116 Å². The van der Waals surface area contributed by atoms with Gasteiger partial charge >= 0.3 is 23.9 Å². The van der Waals surface area contributed by atoms with Gasteiger partial charge in [-0.25, -0.2) is 0 Å². The van der Waals surface area contributed by atoms with Gasteiger partial charge < -0.3 is 19.3 Å². The Morgan fingerprint density at radius 2 is 1.10 bits per heavy atom. The van der Waals surface area contributed by atoms with Crippen LogP contribution in [0.3, 0.4) is 0 Å². The van der Waals surface area contributed by atoms with Crippen molar-refractivity contribution in [1.82, 2.24) is 0 Å². The third-order valence-corrected chi connectivity index (χ3v) is 6.01. The number of rotatable bonds is 6. The Labute approximate surface area is 180 Å². The third kappa shape index (κ3) is 6.54. The van der Waals surface area contributed by atoms with Gasteiger partial charge in [0.1, 0.15) is 17.6 Å². The summed E-state index contributed by atoms with van der Waals surface area (Å²) in [6, 6.07) is 6.29. The molecule has 0 aliphatic heterocycles. The Hall–Kier alpha value is -2.90. The molecule has 2 aliphatic carbocycles. The number of hydrogen-bond acceptors (Lipinski definition) is 7. The standard InChI is InChI=1S/C23H28O8/c1-14(24)29-18-8-6-17(7-9-18)23(28)31-20-12-10-19(11-13-20)30-22(27)16-4-2-15(3-5-16)21(25)26/h10-13,15-18H,2-9H2,1H3,(H,25,26). The number of hydrogen-bond donors (Lipinski definition) is 1. The van der Waals surface area contributed by atoms with Gasteiger partial charge in [0.2, 0.25) is 0 Å². The smallest absolute Gasteiger partial charge is 0.314 e. The number of esters is 3. The third-order valence-electron chi connectivity index (χ3n) is 6.01. The van der Waals surface area contributed by atoms with E-state index in [0.717, 1.165) is 0 Å². The van der Waals surface area contributed by atoms with Crippen molar-refractivity contribution in [2.75, 3.05) is 0 Å². The second-order valence-electron chi connectivity index (χ2n) is 8.28. The SMILES string of the molecule is CC(=O)OC1CCC(C(=O)Oc2ccc(OC(=O)C3CCC(C(=O)O)CC3)cc2)CC1. The van der Waals surface area contributed by atoms with E-state index in [1.165, 1.54) is 6.92 Å². The molecule has 1 N–H and O–H groups in total. The molecule has 31 heavy (non-hydrogen) atoms. The maximum absolute atomic E-state index is 12.4. The summed E-state index contributed by atoms with van der Waals surface area (Å²) < 4.78 is 16.0. The van der Waals surface area contributed by atoms with Gasteiger partial charge in [0.25, 0.3) is 0 Å². The normalized spacial score (nSPS) is 25.8. The van der Waals surface area contributed by atoms with Crippen LogP contribution >= 0.6 is 0 Å². The maximum Gasteiger partial charge on any atom is 0.314 e. The van der Waals surface area contributed by atoms with E-state index in [0.29, 0.717) is 62.9 Å². The van der Waals surface area contributed by atoms with Crippen molar-refractivity contribution >= 4 is 23.9 Å². The van der Waals surface area contributed by atoms with Crippen molar-refractivity contribution in [2.24, 2.45) is 17.8 Å². The van der Waals surface area contributed by atoms with Crippen LogP contribution in [-0.4, -0.2) is 35.1 Å². The Kier molecular flexibility index (Phi) is 7.65. The molecule has 2 saturated carbocycles. The molecule has 0 heterocycles. The fourth-order valence-corrected chi connectivity index (χ4v) is 4.20. The predicted molar refractivity (Wildman–Crippen MR) is 108 cm³/mol. The molecule has 0 saturated heterocycles. The van der Waals surface area contributed by atoms with E-state index in [9.17, 15) is 19.2 Å². The quantitative estimate of drug-likeness (QED) is 0.536. The zero-order valence-electron chi connectivity index (χ0n) is 17.6. The molecule has 2 aliphatic rings. The zero-order valence-corrected chi connectivity index (χ0v) is 17.6. The summed E-state index contributed by atoms with van der Waals surface area (Å²) in [7, 11) is 0. The first-order valence-electron chi connectivity index (χ1n) is 10.7. The van der Waals surface area contributed by atoms with Crippen LogP contribution < -0.4 is 9.47 Å². The Morgan fingerprint density at radius 1 is 0.710 bits per heavy atom. The maximum atomic E-state index is 12.4. The van der Waals surface area contributed by atoms with Gasteiger partial charge in [0.05, 0.1) is 17.8 Å². The van der Waals surface area contributed by atoms with Crippen LogP contribution in [0.15, 0.2) is 24.3 Å². The first-order valence-corrected chi connectivity index (χ1v) is 10.7. The van der Waals surface area contributed by atoms with Crippen molar-refractivity contribution in [1.29, 1.82) is 0 Å². The zero-order chi connectivity index (χ0) is 22.4. The summed E-state index contributed by atoms with van der Waals surface area (Å²) >= 11 is 0. The summed E-state index contributed by atoms with van der Waals surface area (Å²) in [6.45, 7) is 1.38. The molecule has 3 rings (SSSR count). The van der Waals surface area contributed by atoms with Crippen LogP contribution in [-0.2, 0) is 23.9 Å².